The van der Waals surface area contributed by atoms with Crippen molar-refractivity contribution < 1.29 is 23.0 Å². The Hall–Kier alpha value is -1.27. The predicted molar refractivity (Wildman–Crippen MR) is 69.6 cm³/mol. The van der Waals surface area contributed by atoms with Gasteiger partial charge in [0, 0.05) is 31.8 Å². The smallest absolute Gasteiger partial charge is 0.392 e. The number of aliphatic hydroxyl groups excluding tert-OH is 1. The SMILES string of the molecule is COCC1CCN(c2ccc(CO)c(C(F)(F)F)c2)C1. The van der Waals surface area contributed by atoms with Crippen molar-refractivity contribution in [1.82, 2.24) is 0 Å². The van der Waals surface area contributed by atoms with E-state index in [2.05, 4.69) is 0 Å². The molecule has 0 aromatic heterocycles. The lowest BCUT2D eigenvalue weighted by Crippen LogP contribution is -2.22. The number of alkyl halides is 3. The summed E-state index contributed by atoms with van der Waals surface area (Å²) in [5, 5.41) is 9.02. The minimum atomic E-state index is -4.44. The van der Waals surface area contributed by atoms with Crippen LogP contribution in [0, 0.1) is 5.92 Å². The van der Waals surface area contributed by atoms with E-state index in [0.29, 0.717) is 24.8 Å². The molecule has 1 aromatic carbocycles. The van der Waals surface area contributed by atoms with Gasteiger partial charge in [0.1, 0.15) is 0 Å². The normalized spacial score (nSPS) is 19.6. The van der Waals surface area contributed by atoms with Crippen molar-refractivity contribution in [2.45, 2.75) is 19.2 Å². The monoisotopic (exact) mass is 289 g/mol. The molecule has 6 heteroatoms. The van der Waals surface area contributed by atoms with Crippen molar-refractivity contribution in [3.05, 3.63) is 29.3 Å². The van der Waals surface area contributed by atoms with E-state index in [1.807, 2.05) is 4.90 Å². The number of halogens is 3. The van der Waals surface area contributed by atoms with Gasteiger partial charge in [0.05, 0.1) is 18.8 Å². The first-order chi connectivity index (χ1) is 9.45. The van der Waals surface area contributed by atoms with Gasteiger partial charge in [-0.15, -0.1) is 0 Å². The van der Waals surface area contributed by atoms with E-state index in [1.165, 1.54) is 6.07 Å². The molecule has 1 atom stereocenters. The van der Waals surface area contributed by atoms with E-state index in [-0.39, 0.29) is 5.56 Å². The van der Waals surface area contributed by atoms with Crippen LogP contribution in [0.2, 0.25) is 0 Å². The van der Waals surface area contributed by atoms with Gasteiger partial charge in [-0.1, -0.05) is 6.07 Å². The molecule has 1 aliphatic heterocycles. The van der Waals surface area contributed by atoms with Gasteiger partial charge in [-0.25, -0.2) is 0 Å². The second-order valence-corrected chi connectivity index (χ2v) is 5.05. The van der Waals surface area contributed by atoms with Crippen LogP contribution in [0.3, 0.4) is 0 Å². The number of benzene rings is 1. The highest BCUT2D eigenvalue weighted by atomic mass is 19.4. The Morgan fingerprint density at radius 1 is 1.40 bits per heavy atom. The first kappa shape index (κ1) is 15.1. The maximum atomic E-state index is 13.0. The standard InChI is InChI=1S/C14H18F3NO2/c1-20-9-10-4-5-18(7-10)12-3-2-11(8-19)13(6-12)14(15,16)17/h2-3,6,10,19H,4-5,7-9H2,1H3. The van der Waals surface area contributed by atoms with E-state index < -0.39 is 18.3 Å². The topological polar surface area (TPSA) is 32.7 Å². The summed E-state index contributed by atoms with van der Waals surface area (Å²) in [7, 11) is 1.63. The number of anilines is 1. The molecular formula is C14H18F3NO2. The third-order valence-corrected chi connectivity index (χ3v) is 3.62. The quantitative estimate of drug-likeness (QED) is 0.925. The second-order valence-electron chi connectivity index (χ2n) is 5.05. The molecule has 0 radical (unpaired) electrons. The van der Waals surface area contributed by atoms with Crippen LogP contribution in [-0.2, 0) is 17.5 Å². The van der Waals surface area contributed by atoms with Crippen LogP contribution in [-0.4, -0.2) is 31.9 Å². The molecule has 0 bridgehead atoms. The highest BCUT2D eigenvalue weighted by Gasteiger charge is 2.34. The lowest BCUT2D eigenvalue weighted by atomic mass is 10.1. The van der Waals surface area contributed by atoms with E-state index >= 15 is 0 Å². The molecule has 0 saturated carbocycles. The molecule has 1 N–H and O–H groups in total. The van der Waals surface area contributed by atoms with Crippen molar-refractivity contribution in [2.75, 3.05) is 31.7 Å². The first-order valence-corrected chi connectivity index (χ1v) is 6.50. The van der Waals surface area contributed by atoms with Gasteiger partial charge in [-0.3, -0.25) is 0 Å². The van der Waals surface area contributed by atoms with Gasteiger partial charge >= 0.3 is 6.18 Å². The van der Waals surface area contributed by atoms with Gasteiger partial charge in [-0.2, -0.15) is 13.2 Å². The molecule has 1 aromatic rings. The maximum absolute atomic E-state index is 13.0. The van der Waals surface area contributed by atoms with Crippen LogP contribution in [0.25, 0.3) is 0 Å². The molecule has 1 heterocycles. The average Bonchev–Trinajstić information content (AvgIpc) is 2.86. The van der Waals surface area contributed by atoms with Gasteiger partial charge in [-0.05, 0) is 24.1 Å². The van der Waals surface area contributed by atoms with Crippen LogP contribution in [0.1, 0.15) is 17.5 Å². The van der Waals surface area contributed by atoms with Crippen LogP contribution >= 0.6 is 0 Å². The summed E-state index contributed by atoms with van der Waals surface area (Å²) in [6.45, 7) is 1.44. The molecule has 1 fully saturated rings. The zero-order chi connectivity index (χ0) is 14.8. The van der Waals surface area contributed by atoms with Gasteiger partial charge < -0.3 is 14.7 Å². The summed E-state index contributed by atoms with van der Waals surface area (Å²) in [6.07, 6.45) is -3.53. The molecule has 3 nitrogen and oxygen atoms in total. The van der Waals surface area contributed by atoms with E-state index in [9.17, 15) is 13.2 Å². The Morgan fingerprint density at radius 3 is 2.75 bits per heavy atom. The van der Waals surface area contributed by atoms with Crippen LogP contribution in [0.5, 0.6) is 0 Å². The molecule has 0 aliphatic carbocycles. The van der Waals surface area contributed by atoms with E-state index in [1.54, 1.807) is 13.2 Å². The molecule has 0 spiro atoms. The lowest BCUT2D eigenvalue weighted by molar-refractivity contribution is -0.138. The third-order valence-electron chi connectivity index (χ3n) is 3.62. The zero-order valence-corrected chi connectivity index (χ0v) is 11.3. The number of methoxy groups -OCH3 is 1. The molecule has 1 unspecified atom stereocenters. The summed E-state index contributed by atoms with van der Waals surface area (Å²) in [4.78, 5) is 1.93. The Morgan fingerprint density at radius 2 is 2.15 bits per heavy atom. The fraction of sp³-hybridized carbons (Fsp3) is 0.571. The predicted octanol–water partition coefficient (Wildman–Crippen LogP) is 2.67. The van der Waals surface area contributed by atoms with E-state index in [0.717, 1.165) is 19.0 Å². The fourth-order valence-corrected chi connectivity index (χ4v) is 2.60. The summed E-state index contributed by atoms with van der Waals surface area (Å²) in [6, 6.07) is 4.11. The van der Waals surface area contributed by atoms with Crippen molar-refractivity contribution in [2.24, 2.45) is 5.92 Å². The summed E-state index contributed by atoms with van der Waals surface area (Å²) in [5.74, 6) is 0.354. The first-order valence-electron chi connectivity index (χ1n) is 6.50. The lowest BCUT2D eigenvalue weighted by Gasteiger charge is -2.21. The molecular weight excluding hydrogens is 271 g/mol. The van der Waals surface area contributed by atoms with Crippen molar-refractivity contribution >= 4 is 5.69 Å². The molecule has 20 heavy (non-hydrogen) atoms. The summed E-state index contributed by atoms with van der Waals surface area (Å²) >= 11 is 0. The summed E-state index contributed by atoms with van der Waals surface area (Å²) < 4.78 is 43.9. The van der Waals surface area contributed by atoms with Crippen molar-refractivity contribution in [3.63, 3.8) is 0 Å². The molecule has 1 aliphatic rings. The van der Waals surface area contributed by atoms with Crippen LogP contribution in [0.15, 0.2) is 18.2 Å². The van der Waals surface area contributed by atoms with Gasteiger partial charge in [0.2, 0.25) is 0 Å². The maximum Gasteiger partial charge on any atom is 0.416 e. The number of hydrogen-bond donors (Lipinski definition) is 1. The Kier molecular flexibility index (Phi) is 4.55. The minimum absolute atomic E-state index is 0.0890. The highest BCUT2D eigenvalue weighted by Crippen LogP contribution is 2.35. The number of ether oxygens (including phenoxy) is 1. The molecule has 1 saturated heterocycles. The van der Waals surface area contributed by atoms with E-state index in [4.69, 9.17) is 9.84 Å². The number of aliphatic hydroxyl groups is 1. The third kappa shape index (κ3) is 3.24. The van der Waals surface area contributed by atoms with Gasteiger partial charge in [0.25, 0.3) is 0 Å². The largest absolute Gasteiger partial charge is 0.416 e. The minimum Gasteiger partial charge on any atom is -0.392 e. The molecule has 0 amide bonds. The Bertz CT molecular complexity index is 462. The highest BCUT2D eigenvalue weighted by molar-refractivity contribution is 5.52. The van der Waals surface area contributed by atoms with Gasteiger partial charge in [0.15, 0.2) is 0 Å². The Balaban J connectivity index is 2.22. The van der Waals surface area contributed by atoms with Crippen LogP contribution in [0.4, 0.5) is 18.9 Å². The number of nitrogens with zero attached hydrogens (tertiary/aromatic N) is 1. The second kappa shape index (κ2) is 6.01. The van der Waals surface area contributed by atoms with Crippen molar-refractivity contribution in [1.29, 1.82) is 0 Å². The number of rotatable bonds is 4. The van der Waals surface area contributed by atoms with Crippen molar-refractivity contribution in [3.8, 4) is 0 Å². The Labute approximate surface area is 116 Å². The zero-order valence-electron chi connectivity index (χ0n) is 11.3. The molecule has 112 valence electrons. The average molecular weight is 289 g/mol. The summed E-state index contributed by atoms with van der Waals surface area (Å²) in [5.41, 5.74) is -0.297. The molecule has 2 rings (SSSR count). The fourth-order valence-electron chi connectivity index (χ4n) is 2.60. The van der Waals surface area contributed by atoms with Crippen LogP contribution < -0.4 is 4.90 Å². The number of hydrogen-bond acceptors (Lipinski definition) is 3.